The Hall–Kier alpha value is -2.94. The quantitative estimate of drug-likeness (QED) is 0.343. The van der Waals surface area contributed by atoms with Gasteiger partial charge in [0.05, 0.1) is 6.61 Å². The lowest BCUT2D eigenvalue weighted by atomic mass is 9.86. The summed E-state index contributed by atoms with van der Waals surface area (Å²) < 4.78 is 11.9. The van der Waals surface area contributed by atoms with Crippen molar-refractivity contribution in [3.8, 4) is 11.5 Å². The fraction of sp³-hybridized carbons (Fsp3) is 0.357. The molecule has 0 bridgehead atoms. The molecule has 3 aromatic carbocycles. The van der Waals surface area contributed by atoms with Gasteiger partial charge in [-0.1, -0.05) is 68.5 Å². The second-order valence-corrected chi connectivity index (χ2v) is 8.45. The molecule has 0 aliphatic heterocycles. The zero-order valence-corrected chi connectivity index (χ0v) is 18.3. The zero-order chi connectivity index (χ0) is 21.1. The second kappa shape index (κ2) is 11.5. The molecule has 4 rings (SSSR count). The lowest BCUT2D eigenvalue weighted by Gasteiger charge is -2.21. The van der Waals surface area contributed by atoms with Gasteiger partial charge in [-0.3, -0.25) is 0 Å². The molecule has 1 N–H and O–H groups in total. The summed E-state index contributed by atoms with van der Waals surface area (Å²) in [7, 11) is 0. The standard InChI is InChI=1S/C28H33NO2/c1-3-9-23(10-4-1)13-8-20-30-28-15-7-14-26(21-28)29-25-16-18-27(19-17-25)31-22-24-11-5-2-6-12-24/h2,5-7,11-12,14-19,21,23,29H,1,3-4,8-10,13,20,22H2. The van der Waals surface area contributed by atoms with Crippen molar-refractivity contribution in [1.29, 1.82) is 0 Å². The lowest BCUT2D eigenvalue weighted by Crippen LogP contribution is -2.08. The summed E-state index contributed by atoms with van der Waals surface area (Å²) in [4.78, 5) is 0. The van der Waals surface area contributed by atoms with Crippen molar-refractivity contribution in [3.05, 3.63) is 84.4 Å². The van der Waals surface area contributed by atoms with Crippen LogP contribution in [0.3, 0.4) is 0 Å². The Morgan fingerprint density at radius 3 is 2.32 bits per heavy atom. The maximum atomic E-state index is 6.01. The van der Waals surface area contributed by atoms with E-state index in [4.69, 9.17) is 9.47 Å². The molecular formula is C28H33NO2. The van der Waals surface area contributed by atoms with Crippen molar-refractivity contribution in [3.63, 3.8) is 0 Å². The summed E-state index contributed by atoms with van der Waals surface area (Å²) in [6.45, 7) is 1.38. The maximum Gasteiger partial charge on any atom is 0.121 e. The van der Waals surface area contributed by atoms with Gasteiger partial charge < -0.3 is 14.8 Å². The van der Waals surface area contributed by atoms with Crippen LogP contribution in [0.4, 0.5) is 11.4 Å². The minimum absolute atomic E-state index is 0.577. The van der Waals surface area contributed by atoms with Crippen molar-refractivity contribution >= 4 is 11.4 Å². The Kier molecular flexibility index (Phi) is 7.87. The largest absolute Gasteiger partial charge is 0.494 e. The highest BCUT2D eigenvalue weighted by atomic mass is 16.5. The van der Waals surface area contributed by atoms with Crippen molar-refractivity contribution < 1.29 is 9.47 Å². The van der Waals surface area contributed by atoms with Crippen LogP contribution in [0.5, 0.6) is 11.5 Å². The molecule has 0 heterocycles. The fourth-order valence-corrected chi connectivity index (χ4v) is 4.24. The predicted octanol–water partition coefficient (Wildman–Crippen LogP) is 7.75. The summed E-state index contributed by atoms with van der Waals surface area (Å²) in [5, 5.41) is 3.45. The average molecular weight is 416 g/mol. The van der Waals surface area contributed by atoms with Gasteiger partial charge in [0.15, 0.2) is 0 Å². The highest BCUT2D eigenvalue weighted by molar-refractivity contribution is 5.61. The van der Waals surface area contributed by atoms with E-state index in [1.165, 1.54) is 44.1 Å². The van der Waals surface area contributed by atoms with Crippen LogP contribution in [0.25, 0.3) is 0 Å². The first-order valence-electron chi connectivity index (χ1n) is 11.6. The molecule has 0 atom stereocenters. The summed E-state index contributed by atoms with van der Waals surface area (Å²) >= 11 is 0. The van der Waals surface area contributed by atoms with E-state index in [1.807, 2.05) is 54.6 Å². The van der Waals surface area contributed by atoms with Crippen LogP contribution in [-0.4, -0.2) is 6.61 Å². The third-order valence-electron chi connectivity index (χ3n) is 5.98. The highest BCUT2D eigenvalue weighted by Gasteiger charge is 2.12. The van der Waals surface area contributed by atoms with Crippen molar-refractivity contribution in [2.45, 2.75) is 51.6 Å². The molecule has 0 saturated heterocycles. The molecule has 162 valence electrons. The number of hydrogen-bond donors (Lipinski definition) is 1. The molecule has 1 aliphatic carbocycles. The van der Waals surface area contributed by atoms with E-state index in [2.05, 4.69) is 29.6 Å². The van der Waals surface area contributed by atoms with E-state index < -0.39 is 0 Å². The number of ether oxygens (including phenoxy) is 2. The van der Waals surface area contributed by atoms with Crippen LogP contribution < -0.4 is 14.8 Å². The number of anilines is 2. The normalized spacial score (nSPS) is 14.2. The smallest absolute Gasteiger partial charge is 0.121 e. The average Bonchev–Trinajstić information content (AvgIpc) is 2.83. The number of rotatable bonds is 10. The van der Waals surface area contributed by atoms with Gasteiger partial charge >= 0.3 is 0 Å². The SMILES string of the molecule is c1ccc(COc2ccc(Nc3cccc(OCCCC4CCCCC4)c3)cc2)cc1. The van der Waals surface area contributed by atoms with Crippen LogP contribution in [0.1, 0.15) is 50.5 Å². The van der Waals surface area contributed by atoms with Gasteiger partial charge in [-0.25, -0.2) is 0 Å². The molecule has 1 fully saturated rings. The van der Waals surface area contributed by atoms with E-state index in [0.29, 0.717) is 6.61 Å². The number of benzene rings is 3. The molecule has 31 heavy (non-hydrogen) atoms. The minimum Gasteiger partial charge on any atom is -0.494 e. The molecule has 0 aromatic heterocycles. The zero-order valence-electron chi connectivity index (χ0n) is 18.3. The van der Waals surface area contributed by atoms with E-state index in [-0.39, 0.29) is 0 Å². The van der Waals surface area contributed by atoms with Gasteiger partial charge in [-0.05, 0) is 60.7 Å². The number of nitrogens with one attached hydrogen (secondary N) is 1. The Morgan fingerprint density at radius 1 is 0.710 bits per heavy atom. The van der Waals surface area contributed by atoms with Crippen molar-refractivity contribution in [1.82, 2.24) is 0 Å². The van der Waals surface area contributed by atoms with Crippen LogP contribution in [0.15, 0.2) is 78.9 Å². The van der Waals surface area contributed by atoms with Gasteiger partial charge in [0, 0.05) is 17.4 Å². The summed E-state index contributed by atoms with van der Waals surface area (Å²) in [5.41, 5.74) is 3.23. The molecule has 1 saturated carbocycles. The van der Waals surface area contributed by atoms with Crippen molar-refractivity contribution in [2.24, 2.45) is 5.92 Å². The molecular weight excluding hydrogens is 382 g/mol. The predicted molar refractivity (Wildman–Crippen MR) is 128 cm³/mol. The van der Waals surface area contributed by atoms with E-state index in [1.54, 1.807) is 0 Å². The molecule has 0 radical (unpaired) electrons. The fourth-order valence-electron chi connectivity index (χ4n) is 4.24. The molecule has 0 amide bonds. The van der Waals surface area contributed by atoms with Gasteiger partial charge in [-0.15, -0.1) is 0 Å². The minimum atomic E-state index is 0.577. The van der Waals surface area contributed by atoms with Gasteiger partial charge in [0.1, 0.15) is 18.1 Å². The van der Waals surface area contributed by atoms with Gasteiger partial charge in [0.25, 0.3) is 0 Å². The molecule has 0 unspecified atom stereocenters. The topological polar surface area (TPSA) is 30.5 Å². The second-order valence-electron chi connectivity index (χ2n) is 8.45. The third-order valence-corrected chi connectivity index (χ3v) is 5.98. The van der Waals surface area contributed by atoms with Crippen LogP contribution in [0.2, 0.25) is 0 Å². The summed E-state index contributed by atoms with van der Waals surface area (Å²) in [5.74, 6) is 2.71. The molecule has 1 aliphatic rings. The van der Waals surface area contributed by atoms with Crippen LogP contribution in [0, 0.1) is 5.92 Å². The molecule has 3 heteroatoms. The first-order valence-corrected chi connectivity index (χ1v) is 11.6. The van der Waals surface area contributed by atoms with E-state index >= 15 is 0 Å². The lowest BCUT2D eigenvalue weighted by molar-refractivity contribution is 0.269. The van der Waals surface area contributed by atoms with Crippen LogP contribution >= 0.6 is 0 Å². The monoisotopic (exact) mass is 415 g/mol. The Bertz CT molecular complexity index is 902. The van der Waals surface area contributed by atoms with E-state index in [9.17, 15) is 0 Å². The first-order chi connectivity index (χ1) is 15.3. The van der Waals surface area contributed by atoms with Crippen molar-refractivity contribution in [2.75, 3.05) is 11.9 Å². The summed E-state index contributed by atoms with van der Waals surface area (Å²) in [6, 6.07) is 26.5. The number of hydrogen-bond acceptors (Lipinski definition) is 3. The summed E-state index contributed by atoms with van der Waals surface area (Å²) in [6.07, 6.45) is 9.53. The molecule has 3 aromatic rings. The van der Waals surface area contributed by atoms with Gasteiger partial charge in [0.2, 0.25) is 0 Å². The van der Waals surface area contributed by atoms with E-state index in [0.717, 1.165) is 41.8 Å². The first kappa shape index (κ1) is 21.3. The van der Waals surface area contributed by atoms with Crippen LogP contribution in [-0.2, 0) is 6.61 Å². The molecule has 3 nitrogen and oxygen atoms in total. The Labute approximate surface area is 186 Å². The maximum absolute atomic E-state index is 6.01. The van der Waals surface area contributed by atoms with Gasteiger partial charge in [-0.2, -0.15) is 0 Å². The Balaban J connectivity index is 1.22. The Morgan fingerprint density at radius 2 is 1.52 bits per heavy atom. The highest BCUT2D eigenvalue weighted by Crippen LogP contribution is 2.28. The third kappa shape index (κ3) is 7.06. The molecule has 0 spiro atoms.